The van der Waals surface area contributed by atoms with Crippen LogP contribution < -0.4 is 15.0 Å². The minimum Gasteiger partial charge on any atom is -0.478 e. The Morgan fingerprint density at radius 2 is 1.36 bits per heavy atom. The Bertz CT molecular complexity index is 1680. The third-order valence-electron chi connectivity index (χ3n) is 5.94. The number of fused-ring (bicyclic) bond motifs is 1. The predicted octanol–water partition coefficient (Wildman–Crippen LogP) is 4.93. The molecule has 3 N–H and O–H groups in total. The molecule has 10 nitrogen and oxygen atoms in total. The van der Waals surface area contributed by atoms with Crippen molar-refractivity contribution < 1.29 is 38.9 Å². The average molecular weight is 522 g/mol. The monoisotopic (exact) mass is 522 g/mol. The molecule has 0 atom stereocenters. The highest BCUT2D eigenvalue weighted by atomic mass is 16.5. The van der Waals surface area contributed by atoms with Crippen molar-refractivity contribution in [1.82, 2.24) is 0 Å². The zero-order valence-electron chi connectivity index (χ0n) is 20.0. The van der Waals surface area contributed by atoms with Gasteiger partial charge in [0, 0.05) is 17.3 Å². The van der Waals surface area contributed by atoms with Crippen molar-refractivity contribution in [3.8, 4) is 11.5 Å². The van der Waals surface area contributed by atoms with E-state index in [4.69, 9.17) is 4.74 Å². The van der Waals surface area contributed by atoms with Gasteiger partial charge < -0.3 is 20.3 Å². The van der Waals surface area contributed by atoms with Crippen molar-refractivity contribution in [3.05, 3.63) is 119 Å². The number of carboxylic acids is 2. The molecule has 39 heavy (non-hydrogen) atoms. The van der Waals surface area contributed by atoms with E-state index in [9.17, 15) is 34.2 Å². The molecule has 10 heteroatoms. The Morgan fingerprint density at radius 1 is 0.667 bits per heavy atom. The van der Waals surface area contributed by atoms with Crippen LogP contribution in [0.1, 0.15) is 51.8 Å². The molecule has 0 spiro atoms. The number of carbonyl (C=O) groups is 5. The van der Waals surface area contributed by atoms with Gasteiger partial charge in [0.25, 0.3) is 17.7 Å². The maximum Gasteiger partial charge on any atom is 0.336 e. The number of para-hydroxylation sites is 1. The first-order valence-corrected chi connectivity index (χ1v) is 11.5. The van der Waals surface area contributed by atoms with Gasteiger partial charge in [-0.3, -0.25) is 14.4 Å². The first-order valence-electron chi connectivity index (χ1n) is 11.5. The van der Waals surface area contributed by atoms with Crippen molar-refractivity contribution in [2.45, 2.75) is 0 Å². The molecule has 1 heterocycles. The topological polar surface area (TPSA) is 150 Å². The number of carbonyl (C=O) groups excluding carboxylic acids is 3. The first-order chi connectivity index (χ1) is 18.7. The number of hydrogen-bond acceptors (Lipinski definition) is 6. The summed E-state index contributed by atoms with van der Waals surface area (Å²) in [4.78, 5) is 62.5. The molecule has 0 saturated carbocycles. The molecular weight excluding hydrogens is 504 g/mol. The van der Waals surface area contributed by atoms with Crippen LogP contribution in [0, 0.1) is 0 Å². The van der Waals surface area contributed by atoms with Crippen LogP contribution in [0.3, 0.4) is 0 Å². The molecule has 0 fully saturated rings. The zero-order chi connectivity index (χ0) is 27.7. The van der Waals surface area contributed by atoms with Crippen LogP contribution in [0.5, 0.6) is 11.5 Å². The number of imide groups is 1. The van der Waals surface area contributed by atoms with Gasteiger partial charge in [0.05, 0.1) is 27.9 Å². The first kappa shape index (κ1) is 24.9. The van der Waals surface area contributed by atoms with E-state index >= 15 is 0 Å². The third-order valence-corrected chi connectivity index (χ3v) is 5.94. The lowest BCUT2D eigenvalue weighted by Crippen LogP contribution is -2.29. The lowest BCUT2D eigenvalue weighted by atomic mass is 10.1. The number of benzene rings is 4. The molecule has 0 aromatic heterocycles. The highest BCUT2D eigenvalue weighted by Crippen LogP contribution is 2.30. The average Bonchev–Trinajstić information content (AvgIpc) is 3.18. The van der Waals surface area contributed by atoms with E-state index in [2.05, 4.69) is 5.32 Å². The van der Waals surface area contributed by atoms with Crippen LogP contribution >= 0.6 is 0 Å². The van der Waals surface area contributed by atoms with Gasteiger partial charge in [-0.25, -0.2) is 14.5 Å². The molecule has 3 amide bonds. The molecule has 192 valence electrons. The van der Waals surface area contributed by atoms with E-state index in [0.717, 1.165) is 17.0 Å². The van der Waals surface area contributed by atoms with Gasteiger partial charge in [-0.05, 0) is 60.7 Å². The molecule has 0 unspecified atom stereocenters. The van der Waals surface area contributed by atoms with Crippen LogP contribution in [-0.4, -0.2) is 39.9 Å². The van der Waals surface area contributed by atoms with Crippen molar-refractivity contribution in [1.29, 1.82) is 0 Å². The normalized spacial score (nSPS) is 12.2. The highest BCUT2D eigenvalue weighted by Gasteiger charge is 2.37. The van der Waals surface area contributed by atoms with Crippen molar-refractivity contribution in [2.24, 2.45) is 0 Å². The number of nitrogens with zero attached hydrogens (tertiary/aromatic N) is 1. The van der Waals surface area contributed by atoms with Crippen LogP contribution in [0.25, 0.3) is 0 Å². The SMILES string of the molecule is O=C(Nc1cccc(Oc2ccc(C(=O)O)c(C(=O)O)c2)c1)c1ccc2c(c1)C(=O)N(c1ccccc1)C2=O. The lowest BCUT2D eigenvalue weighted by Gasteiger charge is -2.13. The van der Waals surface area contributed by atoms with Crippen LogP contribution in [0.2, 0.25) is 0 Å². The van der Waals surface area contributed by atoms with E-state index in [1.807, 2.05) is 0 Å². The number of anilines is 2. The number of carboxylic acid groups (broad SMARTS) is 2. The number of ether oxygens (including phenoxy) is 1. The fraction of sp³-hybridized carbons (Fsp3) is 0. The molecule has 0 saturated heterocycles. The van der Waals surface area contributed by atoms with Gasteiger partial charge in [0.2, 0.25) is 0 Å². The second-order valence-electron chi connectivity index (χ2n) is 8.44. The smallest absolute Gasteiger partial charge is 0.336 e. The maximum atomic E-state index is 13.0. The molecule has 1 aliphatic rings. The largest absolute Gasteiger partial charge is 0.478 e. The zero-order valence-corrected chi connectivity index (χ0v) is 20.0. The summed E-state index contributed by atoms with van der Waals surface area (Å²) >= 11 is 0. The summed E-state index contributed by atoms with van der Waals surface area (Å²) in [5, 5.41) is 21.2. The number of aromatic carboxylic acids is 2. The molecule has 0 aliphatic carbocycles. The second kappa shape index (κ2) is 9.94. The van der Waals surface area contributed by atoms with Gasteiger partial charge in [0.15, 0.2) is 0 Å². The summed E-state index contributed by atoms with van der Waals surface area (Å²) < 4.78 is 5.68. The molecule has 1 aliphatic heterocycles. The summed E-state index contributed by atoms with van der Waals surface area (Å²) in [5.41, 5.74) is 0.438. The summed E-state index contributed by atoms with van der Waals surface area (Å²) in [6.07, 6.45) is 0. The lowest BCUT2D eigenvalue weighted by molar-refractivity contribution is 0.0651. The molecule has 4 aromatic rings. The number of nitrogens with one attached hydrogen (secondary N) is 1. The van der Waals surface area contributed by atoms with Crippen LogP contribution in [-0.2, 0) is 0 Å². The van der Waals surface area contributed by atoms with Crippen molar-refractivity contribution >= 4 is 41.0 Å². The highest BCUT2D eigenvalue weighted by molar-refractivity contribution is 6.34. The van der Waals surface area contributed by atoms with E-state index in [-0.39, 0.29) is 33.8 Å². The standard InChI is InChI=1S/C29H18N2O8/c32-25(16-9-11-21-23(13-16)27(34)31(26(21)33)18-6-2-1-3-7-18)30-17-5-4-8-19(14-17)39-20-10-12-22(28(35)36)24(15-20)29(37)38/h1-15H,(H,30,32)(H,35,36)(H,37,38). The Hall–Kier alpha value is -5.77. The molecular formula is C29H18N2O8. The Kier molecular flexibility index (Phi) is 6.35. The quantitative estimate of drug-likeness (QED) is 0.289. The van der Waals surface area contributed by atoms with E-state index in [1.165, 1.54) is 30.3 Å². The van der Waals surface area contributed by atoms with E-state index in [0.29, 0.717) is 11.4 Å². The number of hydrogen-bond donors (Lipinski definition) is 3. The fourth-order valence-electron chi connectivity index (χ4n) is 4.12. The van der Waals surface area contributed by atoms with Crippen molar-refractivity contribution in [2.75, 3.05) is 10.2 Å². The predicted molar refractivity (Wildman–Crippen MR) is 139 cm³/mol. The van der Waals surface area contributed by atoms with Crippen molar-refractivity contribution in [3.63, 3.8) is 0 Å². The summed E-state index contributed by atoms with van der Waals surface area (Å²) in [7, 11) is 0. The van der Waals surface area contributed by atoms with E-state index < -0.39 is 35.2 Å². The maximum absolute atomic E-state index is 13.0. The van der Waals surface area contributed by atoms with Crippen LogP contribution in [0.4, 0.5) is 11.4 Å². The Morgan fingerprint density at radius 3 is 2.08 bits per heavy atom. The molecule has 0 radical (unpaired) electrons. The van der Waals surface area contributed by atoms with E-state index in [1.54, 1.807) is 48.5 Å². The van der Waals surface area contributed by atoms with Gasteiger partial charge in [0.1, 0.15) is 11.5 Å². The minimum absolute atomic E-state index is 0.0886. The molecule has 4 aromatic carbocycles. The third kappa shape index (κ3) is 4.81. The fourth-order valence-corrected chi connectivity index (χ4v) is 4.12. The minimum atomic E-state index is -1.42. The van der Waals surface area contributed by atoms with Gasteiger partial charge in [-0.15, -0.1) is 0 Å². The Labute approximate surface area is 220 Å². The molecule has 0 bridgehead atoms. The molecule has 5 rings (SSSR count). The van der Waals surface area contributed by atoms with Crippen LogP contribution in [0.15, 0.2) is 91.0 Å². The van der Waals surface area contributed by atoms with Gasteiger partial charge >= 0.3 is 11.9 Å². The summed E-state index contributed by atoms with van der Waals surface area (Å²) in [6, 6.07) is 22.5. The second-order valence-corrected chi connectivity index (χ2v) is 8.44. The Balaban J connectivity index is 1.34. The summed E-state index contributed by atoms with van der Waals surface area (Å²) in [6.45, 7) is 0. The van der Waals surface area contributed by atoms with Gasteiger partial charge in [-0.2, -0.15) is 0 Å². The number of amides is 3. The van der Waals surface area contributed by atoms with Gasteiger partial charge in [-0.1, -0.05) is 24.3 Å². The number of rotatable bonds is 7. The summed E-state index contributed by atoms with van der Waals surface area (Å²) in [5.74, 6) is -3.99.